The van der Waals surface area contributed by atoms with Gasteiger partial charge in [0.15, 0.2) is 0 Å². The van der Waals surface area contributed by atoms with Crippen LogP contribution >= 0.6 is 0 Å². The molecule has 2 heterocycles. The molecule has 0 radical (unpaired) electrons. The maximum atomic E-state index is 12.2. The molecule has 1 aromatic rings. The van der Waals surface area contributed by atoms with Crippen molar-refractivity contribution in [3.63, 3.8) is 0 Å². The number of aryl methyl sites for hydroxylation is 2. The van der Waals surface area contributed by atoms with E-state index in [-0.39, 0.29) is 12.2 Å². The Morgan fingerprint density at radius 3 is 2.67 bits per heavy atom. The summed E-state index contributed by atoms with van der Waals surface area (Å²) in [6, 6.07) is 0. The summed E-state index contributed by atoms with van der Waals surface area (Å²) in [6.45, 7) is 6.97. The summed E-state index contributed by atoms with van der Waals surface area (Å²) >= 11 is 0. The molecule has 0 bridgehead atoms. The monoisotopic (exact) mass is 316 g/mol. The second-order valence-electron chi connectivity index (χ2n) is 5.60. The van der Waals surface area contributed by atoms with Crippen LogP contribution in [0.1, 0.15) is 31.5 Å². The van der Waals surface area contributed by atoms with Crippen molar-refractivity contribution in [2.75, 3.05) is 19.6 Å². The van der Waals surface area contributed by atoms with Gasteiger partial charge in [-0.15, -0.1) is 0 Å². The Labute approximate surface area is 126 Å². The first-order valence-corrected chi connectivity index (χ1v) is 8.71. The van der Waals surface area contributed by atoms with Crippen molar-refractivity contribution < 1.29 is 13.2 Å². The molecule has 1 aromatic heterocycles. The highest BCUT2D eigenvalue weighted by atomic mass is 32.2. The van der Waals surface area contributed by atoms with Crippen molar-refractivity contribution in [1.29, 1.82) is 0 Å². The third-order valence-electron chi connectivity index (χ3n) is 3.57. The van der Waals surface area contributed by atoms with Crippen molar-refractivity contribution in [3.8, 4) is 0 Å². The zero-order valence-electron chi connectivity index (χ0n) is 12.8. The highest BCUT2D eigenvalue weighted by Crippen LogP contribution is 2.13. The Kier molecular flexibility index (Phi) is 5.37. The molecule has 1 saturated heterocycles. The van der Waals surface area contributed by atoms with E-state index >= 15 is 0 Å². The van der Waals surface area contributed by atoms with E-state index in [1.54, 1.807) is 6.20 Å². The van der Waals surface area contributed by atoms with Crippen molar-refractivity contribution in [3.05, 3.63) is 17.5 Å². The predicted molar refractivity (Wildman–Crippen MR) is 80.2 cm³/mol. The summed E-state index contributed by atoms with van der Waals surface area (Å²) in [5.74, 6) is 0. The average molecular weight is 316 g/mol. The molecule has 1 fully saturated rings. The maximum absolute atomic E-state index is 12.2. The highest BCUT2D eigenvalue weighted by Gasteiger charge is 2.30. The van der Waals surface area contributed by atoms with Crippen LogP contribution in [0, 0.1) is 6.92 Å². The fourth-order valence-electron chi connectivity index (χ4n) is 2.53. The van der Waals surface area contributed by atoms with E-state index in [1.807, 2.05) is 20.8 Å². The van der Waals surface area contributed by atoms with Gasteiger partial charge in [-0.2, -0.15) is 17.8 Å². The van der Waals surface area contributed by atoms with Gasteiger partial charge in [0.25, 0.3) is 10.2 Å². The number of hydrogen-bond acceptors (Lipinski definition) is 4. The lowest BCUT2D eigenvalue weighted by Crippen LogP contribution is -2.52. The number of morpholine rings is 1. The van der Waals surface area contributed by atoms with Gasteiger partial charge in [0.2, 0.25) is 0 Å². The molecule has 2 unspecified atom stereocenters. The van der Waals surface area contributed by atoms with Crippen LogP contribution in [0.3, 0.4) is 0 Å². The van der Waals surface area contributed by atoms with Crippen LogP contribution in [0.15, 0.2) is 6.20 Å². The number of nitrogens with zero attached hydrogens (tertiary/aromatic N) is 2. The Morgan fingerprint density at radius 1 is 1.43 bits per heavy atom. The molecular weight excluding hydrogens is 292 g/mol. The number of aromatic amines is 1. The second kappa shape index (κ2) is 6.87. The van der Waals surface area contributed by atoms with Gasteiger partial charge in [-0.1, -0.05) is 0 Å². The van der Waals surface area contributed by atoms with Crippen molar-refractivity contribution in [1.82, 2.24) is 19.2 Å². The minimum Gasteiger partial charge on any atom is -0.373 e. The number of ether oxygens (including phenoxy) is 1. The fourth-order valence-corrected chi connectivity index (χ4v) is 3.92. The van der Waals surface area contributed by atoms with Gasteiger partial charge < -0.3 is 4.74 Å². The fraction of sp³-hybridized carbons (Fsp3) is 0.769. The first-order chi connectivity index (χ1) is 9.88. The molecule has 0 amide bonds. The van der Waals surface area contributed by atoms with E-state index in [9.17, 15) is 8.42 Å². The molecule has 1 aliphatic heterocycles. The third kappa shape index (κ3) is 4.50. The molecule has 2 atom stereocenters. The zero-order chi connectivity index (χ0) is 15.5. The van der Waals surface area contributed by atoms with Gasteiger partial charge in [0.05, 0.1) is 18.4 Å². The molecule has 2 N–H and O–H groups in total. The normalized spacial score (nSPS) is 24.3. The second-order valence-corrected chi connectivity index (χ2v) is 7.35. The number of hydrogen-bond donors (Lipinski definition) is 2. The Bertz CT molecular complexity index is 548. The van der Waals surface area contributed by atoms with Crippen LogP contribution in [0.2, 0.25) is 0 Å². The standard InChI is InChI=1S/C13H24N4O3S/c1-10-8-17(9-11(2)20-10)21(18,19)15-6-4-5-13-7-14-16-12(13)3/h7,10-11,15H,4-6,8-9H2,1-3H3,(H,14,16). The maximum Gasteiger partial charge on any atom is 0.279 e. The van der Waals surface area contributed by atoms with Gasteiger partial charge in [0.1, 0.15) is 0 Å². The van der Waals surface area contributed by atoms with E-state index in [0.29, 0.717) is 19.6 Å². The van der Waals surface area contributed by atoms with E-state index in [4.69, 9.17) is 4.74 Å². The molecule has 21 heavy (non-hydrogen) atoms. The third-order valence-corrected chi connectivity index (χ3v) is 5.11. The molecule has 0 spiro atoms. The first-order valence-electron chi connectivity index (χ1n) is 7.27. The smallest absolute Gasteiger partial charge is 0.279 e. The van der Waals surface area contributed by atoms with Gasteiger partial charge in [-0.25, -0.2) is 4.72 Å². The first kappa shape index (κ1) is 16.4. The summed E-state index contributed by atoms with van der Waals surface area (Å²) in [7, 11) is -3.42. The lowest BCUT2D eigenvalue weighted by molar-refractivity contribution is -0.0443. The Balaban J connectivity index is 1.80. The molecule has 2 rings (SSSR count). The minimum absolute atomic E-state index is 0.0705. The van der Waals surface area contributed by atoms with E-state index < -0.39 is 10.2 Å². The van der Waals surface area contributed by atoms with Gasteiger partial charge >= 0.3 is 0 Å². The zero-order valence-corrected chi connectivity index (χ0v) is 13.6. The summed E-state index contributed by atoms with van der Waals surface area (Å²) in [5, 5.41) is 6.83. The van der Waals surface area contributed by atoms with Crippen LogP contribution in [0.4, 0.5) is 0 Å². The van der Waals surface area contributed by atoms with Gasteiger partial charge in [-0.05, 0) is 39.2 Å². The van der Waals surface area contributed by atoms with Crippen molar-refractivity contribution in [2.45, 2.75) is 45.8 Å². The number of rotatable bonds is 6. The molecule has 120 valence electrons. The lowest BCUT2D eigenvalue weighted by Gasteiger charge is -2.34. The average Bonchev–Trinajstić information content (AvgIpc) is 2.79. The van der Waals surface area contributed by atoms with Crippen LogP contribution in [0.25, 0.3) is 0 Å². The van der Waals surface area contributed by atoms with E-state index in [1.165, 1.54) is 4.31 Å². The van der Waals surface area contributed by atoms with Crippen LogP contribution in [0.5, 0.6) is 0 Å². The highest BCUT2D eigenvalue weighted by molar-refractivity contribution is 7.87. The van der Waals surface area contributed by atoms with E-state index in [2.05, 4.69) is 14.9 Å². The van der Waals surface area contributed by atoms with Gasteiger partial charge in [0, 0.05) is 25.3 Å². The molecule has 7 nitrogen and oxygen atoms in total. The molecule has 0 aromatic carbocycles. The number of nitrogens with one attached hydrogen (secondary N) is 2. The van der Waals surface area contributed by atoms with Crippen molar-refractivity contribution in [2.24, 2.45) is 0 Å². The number of H-pyrrole nitrogens is 1. The quantitative estimate of drug-likeness (QED) is 0.752. The number of aromatic nitrogens is 2. The summed E-state index contributed by atoms with van der Waals surface area (Å²) in [6.07, 6.45) is 3.20. The van der Waals surface area contributed by atoms with Crippen molar-refractivity contribution >= 4 is 10.2 Å². The molecule has 0 aliphatic carbocycles. The summed E-state index contributed by atoms with van der Waals surface area (Å²) < 4.78 is 34.2. The van der Waals surface area contributed by atoms with Gasteiger partial charge in [-0.3, -0.25) is 5.10 Å². The van der Waals surface area contributed by atoms with Crippen LogP contribution in [-0.2, 0) is 21.4 Å². The topological polar surface area (TPSA) is 87.3 Å². The van der Waals surface area contributed by atoms with Crippen LogP contribution in [-0.4, -0.2) is 54.8 Å². The molecular formula is C13H24N4O3S. The predicted octanol–water partition coefficient (Wildman–Crippen LogP) is 0.594. The van der Waals surface area contributed by atoms with E-state index in [0.717, 1.165) is 24.1 Å². The molecule has 8 heteroatoms. The Hall–Kier alpha value is -0.960. The SMILES string of the molecule is Cc1[nH]ncc1CCCNS(=O)(=O)N1CC(C)OC(C)C1. The minimum atomic E-state index is -3.42. The summed E-state index contributed by atoms with van der Waals surface area (Å²) in [4.78, 5) is 0. The van der Waals surface area contributed by atoms with Crippen LogP contribution < -0.4 is 4.72 Å². The largest absolute Gasteiger partial charge is 0.373 e. The molecule has 1 aliphatic rings. The Morgan fingerprint density at radius 2 is 2.10 bits per heavy atom. The lowest BCUT2D eigenvalue weighted by atomic mass is 10.1. The molecule has 0 saturated carbocycles. The summed E-state index contributed by atoms with van der Waals surface area (Å²) in [5.41, 5.74) is 2.16.